The number of rotatable bonds is 6. The largest absolute Gasteiger partial charge is 0.448 e. The monoisotopic (exact) mass is 484 g/mol. The van der Waals surface area contributed by atoms with Gasteiger partial charge >= 0.3 is 0 Å². The minimum atomic E-state index is -0.477. The first-order chi connectivity index (χ1) is 17.1. The molecule has 1 N–H and O–H groups in total. The van der Waals surface area contributed by atoms with Gasteiger partial charge in [-0.15, -0.1) is 0 Å². The molecule has 7 nitrogen and oxygen atoms in total. The van der Waals surface area contributed by atoms with Crippen molar-refractivity contribution in [1.82, 2.24) is 15.0 Å². The lowest BCUT2D eigenvalue weighted by molar-refractivity contribution is 0.0955. The number of carbonyl (C=O) groups excluding carboxylic acids is 1. The van der Waals surface area contributed by atoms with Crippen LogP contribution in [0.4, 0.5) is 4.39 Å². The molecule has 172 valence electrons. The summed E-state index contributed by atoms with van der Waals surface area (Å²) in [5.74, 6) is -0.514. The van der Waals surface area contributed by atoms with Gasteiger partial charge in [0.15, 0.2) is 10.2 Å². The van der Waals surface area contributed by atoms with Crippen LogP contribution in [0.3, 0.4) is 0 Å². The van der Waals surface area contributed by atoms with Gasteiger partial charge in [-0.3, -0.25) is 14.2 Å². The van der Waals surface area contributed by atoms with Crippen LogP contribution in [0.1, 0.15) is 16.1 Å². The molecule has 0 aliphatic heterocycles. The molecule has 5 rings (SSSR count). The molecule has 0 saturated carbocycles. The Hall–Kier alpha value is -4.50. The van der Waals surface area contributed by atoms with Gasteiger partial charge < -0.3 is 4.42 Å². The number of fused-ring (bicyclic) bond motifs is 1. The molecule has 0 unspecified atom stereocenters. The van der Waals surface area contributed by atoms with Gasteiger partial charge in [-0.05, 0) is 72.4 Å². The van der Waals surface area contributed by atoms with Crippen molar-refractivity contribution >= 4 is 34.8 Å². The topological polar surface area (TPSA) is 89.5 Å². The Morgan fingerprint density at radius 2 is 1.71 bits per heavy atom. The average Bonchev–Trinajstić information content (AvgIpc) is 3.32. The zero-order valence-corrected chi connectivity index (χ0v) is 18.9. The molecule has 9 heteroatoms. The first-order valence-electron chi connectivity index (χ1n) is 10.5. The summed E-state index contributed by atoms with van der Waals surface area (Å²) >= 11 is 1.20. The summed E-state index contributed by atoms with van der Waals surface area (Å²) in [7, 11) is 0. The third-order valence-corrected chi connectivity index (χ3v) is 5.89. The van der Waals surface area contributed by atoms with E-state index in [0.29, 0.717) is 32.6 Å². The highest BCUT2D eigenvalue weighted by Gasteiger charge is 2.15. The van der Waals surface area contributed by atoms with Gasteiger partial charge in [-0.2, -0.15) is 5.10 Å². The standard InChI is InChI=1S/C26H17FN4O3S/c27-18-12-10-17(11-13-18)24(32)30-28-16-20-14-15-23(34-20)35-26-29-22-9-5-4-8-21(22)25(33)31(26)19-6-2-1-3-7-19/h1-16H,(H,30,32)/b28-16-. The number of benzene rings is 3. The highest BCUT2D eigenvalue weighted by molar-refractivity contribution is 7.99. The Kier molecular flexibility index (Phi) is 6.23. The van der Waals surface area contributed by atoms with Crippen LogP contribution in [0.5, 0.6) is 0 Å². The first kappa shape index (κ1) is 22.3. The summed E-state index contributed by atoms with van der Waals surface area (Å²) in [5, 5.41) is 5.34. The number of carbonyl (C=O) groups is 1. The van der Waals surface area contributed by atoms with Crippen molar-refractivity contribution in [3.63, 3.8) is 0 Å². The number of para-hydroxylation sites is 2. The van der Waals surface area contributed by atoms with Crippen molar-refractivity contribution in [2.75, 3.05) is 0 Å². The lowest BCUT2D eigenvalue weighted by atomic mass is 10.2. The number of nitrogens with zero attached hydrogens (tertiary/aromatic N) is 3. The van der Waals surface area contributed by atoms with Crippen molar-refractivity contribution in [2.45, 2.75) is 10.2 Å². The maximum absolute atomic E-state index is 13.3. The zero-order chi connectivity index (χ0) is 24.2. The third-order valence-electron chi connectivity index (χ3n) is 5.02. The van der Waals surface area contributed by atoms with Crippen LogP contribution in [-0.4, -0.2) is 21.7 Å². The molecule has 2 heterocycles. The van der Waals surface area contributed by atoms with Crippen LogP contribution in [0.25, 0.3) is 16.6 Å². The van der Waals surface area contributed by atoms with E-state index in [-0.39, 0.29) is 11.1 Å². The summed E-state index contributed by atoms with van der Waals surface area (Å²) in [6.45, 7) is 0. The van der Waals surface area contributed by atoms with Crippen LogP contribution in [-0.2, 0) is 0 Å². The maximum atomic E-state index is 13.3. The second kappa shape index (κ2) is 9.78. The fourth-order valence-corrected chi connectivity index (χ4v) is 4.23. The summed E-state index contributed by atoms with van der Waals surface area (Å²) in [4.78, 5) is 30.1. The SMILES string of the molecule is O=C(N/N=C\c1ccc(Sc2nc3ccccc3c(=O)n2-c2ccccc2)o1)c1ccc(F)cc1. The number of hydrogen-bond donors (Lipinski definition) is 1. The Morgan fingerprint density at radius 3 is 2.51 bits per heavy atom. The Morgan fingerprint density at radius 1 is 0.971 bits per heavy atom. The molecule has 0 fully saturated rings. The molecule has 0 spiro atoms. The number of nitrogens with one attached hydrogen (secondary N) is 1. The second-order valence-electron chi connectivity index (χ2n) is 7.35. The molecule has 35 heavy (non-hydrogen) atoms. The quantitative estimate of drug-likeness (QED) is 0.207. The average molecular weight is 485 g/mol. The van der Waals surface area contributed by atoms with Crippen LogP contribution in [0.15, 0.2) is 116 Å². The highest BCUT2D eigenvalue weighted by atomic mass is 32.2. The summed E-state index contributed by atoms with van der Waals surface area (Å²) in [6, 6.07) is 25.0. The molecule has 5 aromatic rings. The number of hydrazone groups is 1. The molecule has 1 amide bonds. The minimum Gasteiger partial charge on any atom is -0.448 e. The number of amides is 1. The lowest BCUT2D eigenvalue weighted by Crippen LogP contribution is -2.21. The fraction of sp³-hybridized carbons (Fsp3) is 0. The number of hydrogen-bond acceptors (Lipinski definition) is 6. The predicted molar refractivity (Wildman–Crippen MR) is 132 cm³/mol. The molecule has 3 aromatic carbocycles. The molecule has 0 aliphatic carbocycles. The van der Waals surface area contributed by atoms with Gasteiger partial charge in [-0.25, -0.2) is 14.8 Å². The lowest BCUT2D eigenvalue weighted by Gasteiger charge is -2.12. The zero-order valence-electron chi connectivity index (χ0n) is 18.1. The number of furan rings is 1. The Labute approximate surface area is 202 Å². The smallest absolute Gasteiger partial charge is 0.271 e. The van der Waals surface area contributed by atoms with Gasteiger partial charge in [-0.1, -0.05) is 30.3 Å². The van der Waals surface area contributed by atoms with Crippen LogP contribution < -0.4 is 11.0 Å². The van der Waals surface area contributed by atoms with Crippen LogP contribution in [0, 0.1) is 5.82 Å². The van der Waals surface area contributed by atoms with Crippen molar-refractivity contribution < 1.29 is 13.6 Å². The van der Waals surface area contributed by atoms with Gasteiger partial charge in [0.25, 0.3) is 11.5 Å². The molecule has 0 radical (unpaired) electrons. The second-order valence-corrected chi connectivity index (χ2v) is 8.32. The predicted octanol–water partition coefficient (Wildman–Crippen LogP) is 5.03. The maximum Gasteiger partial charge on any atom is 0.271 e. The van der Waals surface area contributed by atoms with Gasteiger partial charge in [0, 0.05) is 5.56 Å². The van der Waals surface area contributed by atoms with Crippen molar-refractivity contribution in [3.8, 4) is 5.69 Å². The van der Waals surface area contributed by atoms with Crippen LogP contribution >= 0.6 is 11.8 Å². The molecular formula is C26H17FN4O3S. The third kappa shape index (κ3) is 4.90. The molecule has 0 aliphatic rings. The molecule has 2 aromatic heterocycles. The summed E-state index contributed by atoms with van der Waals surface area (Å²) in [6.07, 6.45) is 1.35. The van der Waals surface area contributed by atoms with E-state index in [9.17, 15) is 14.0 Å². The van der Waals surface area contributed by atoms with Gasteiger partial charge in [0.05, 0.1) is 22.8 Å². The molecule has 0 saturated heterocycles. The van der Waals surface area contributed by atoms with Gasteiger partial charge in [0.1, 0.15) is 11.6 Å². The van der Waals surface area contributed by atoms with E-state index in [2.05, 4.69) is 10.5 Å². The summed E-state index contributed by atoms with van der Waals surface area (Å²) < 4.78 is 20.3. The van der Waals surface area contributed by atoms with E-state index in [1.807, 2.05) is 36.4 Å². The minimum absolute atomic E-state index is 0.179. The van der Waals surface area contributed by atoms with E-state index < -0.39 is 11.7 Å². The van der Waals surface area contributed by atoms with Crippen molar-refractivity contribution in [2.24, 2.45) is 5.10 Å². The first-order valence-corrected chi connectivity index (χ1v) is 11.3. The number of aromatic nitrogens is 2. The van der Waals surface area contributed by atoms with Crippen molar-refractivity contribution in [1.29, 1.82) is 0 Å². The molecule has 0 atom stereocenters. The van der Waals surface area contributed by atoms with E-state index in [1.54, 1.807) is 34.9 Å². The van der Waals surface area contributed by atoms with E-state index >= 15 is 0 Å². The highest BCUT2D eigenvalue weighted by Crippen LogP contribution is 2.29. The molecule has 0 bridgehead atoms. The van der Waals surface area contributed by atoms with E-state index in [1.165, 1.54) is 42.2 Å². The van der Waals surface area contributed by atoms with Crippen molar-refractivity contribution in [3.05, 3.63) is 118 Å². The normalized spacial score (nSPS) is 11.2. The number of halogens is 1. The Balaban J connectivity index is 1.39. The molecular weight excluding hydrogens is 467 g/mol. The van der Waals surface area contributed by atoms with Gasteiger partial charge in [0.2, 0.25) is 0 Å². The van der Waals surface area contributed by atoms with E-state index in [0.717, 1.165) is 0 Å². The van der Waals surface area contributed by atoms with Crippen LogP contribution in [0.2, 0.25) is 0 Å². The van der Waals surface area contributed by atoms with E-state index in [4.69, 9.17) is 9.40 Å². The summed E-state index contributed by atoms with van der Waals surface area (Å²) in [5.41, 5.74) is 3.74. The fourth-order valence-electron chi connectivity index (χ4n) is 3.35. The Bertz CT molecular complexity index is 1600.